The molecule has 0 saturated carbocycles. The van der Waals surface area contributed by atoms with Gasteiger partial charge in [-0.3, -0.25) is 0 Å². The highest BCUT2D eigenvalue weighted by Crippen LogP contribution is 2.50. The molecule has 1 aromatic heterocycles. The molecule has 1 fully saturated rings. The summed E-state index contributed by atoms with van der Waals surface area (Å²) in [6.45, 7) is 9.91. The first-order chi connectivity index (χ1) is 11.5. The molecule has 124 valence electrons. The summed E-state index contributed by atoms with van der Waals surface area (Å²) in [4.78, 5) is 17.4. The highest BCUT2D eigenvalue weighted by Gasteiger charge is 2.28. The minimum atomic E-state index is -1.08. The molecule has 0 spiro atoms. The minimum Gasteiger partial charge on any atom is -0.477 e. The van der Waals surface area contributed by atoms with Crippen molar-refractivity contribution in [3.8, 4) is 11.1 Å². The van der Waals surface area contributed by atoms with Crippen LogP contribution in [0.2, 0.25) is 10.0 Å². The molecule has 1 saturated heterocycles. The number of nitrogens with zero attached hydrogens (tertiary/aromatic N) is 2. The fourth-order valence-electron chi connectivity index (χ4n) is 2.59. The van der Waals surface area contributed by atoms with Gasteiger partial charge in [0.15, 0.2) is 0 Å². The van der Waals surface area contributed by atoms with E-state index in [1.807, 2.05) is 4.90 Å². The second kappa shape index (κ2) is 6.99. The Hall–Kier alpha value is -1.78. The van der Waals surface area contributed by atoms with Gasteiger partial charge in [-0.2, -0.15) is 0 Å². The van der Waals surface area contributed by atoms with E-state index in [1.165, 1.54) is 0 Å². The molecule has 0 radical (unpaired) electrons. The van der Waals surface area contributed by atoms with Crippen molar-refractivity contribution in [3.63, 3.8) is 0 Å². The molecule has 0 bridgehead atoms. The fraction of sp³-hybridized carbons (Fsp3) is 0.250. The average molecular weight is 383 g/mol. The molecular weight excluding hydrogens is 371 g/mol. The van der Waals surface area contributed by atoms with Gasteiger partial charge in [-0.1, -0.05) is 29.3 Å². The number of halogens is 2. The van der Waals surface area contributed by atoms with Crippen LogP contribution in [-0.2, 0) is 4.74 Å². The number of anilines is 1. The second-order valence-electron chi connectivity index (χ2n) is 5.10. The number of aromatic carboxylic acids is 1. The summed E-state index contributed by atoms with van der Waals surface area (Å²) >= 11 is 13.3. The van der Waals surface area contributed by atoms with Gasteiger partial charge < -0.3 is 14.7 Å². The van der Waals surface area contributed by atoms with Crippen molar-refractivity contribution in [2.45, 2.75) is 0 Å². The number of carbonyl (C=O) groups is 1. The van der Waals surface area contributed by atoms with E-state index in [9.17, 15) is 9.90 Å². The highest BCUT2D eigenvalue weighted by atomic mass is 35.5. The van der Waals surface area contributed by atoms with Gasteiger partial charge in [-0.05, 0) is 17.7 Å². The van der Waals surface area contributed by atoms with E-state index in [2.05, 4.69) is 4.85 Å². The predicted octanol–water partition coefficient (Wildman–Crippen LogP) is 4.81. The molecule has 2 aromatic rings. The van der Waals surface area contributed by atoms with Gasteiger partial charge in [0, 0.05) is 28.7 Å². The van der Waals surface area contributed by atoms with E-state index >= 15 is 0 Å². The quantitative estimate of drug-likeness (QED) is 0.773. The summed E-state index contributed by atoms with van der Waals surface area (Å²) in [7, 11) is 0. The van der Waals surface area contributed by atoms with Crippen LogP contribution in [-0.4, -0.2) is 37.4 Å². The molecule has 8 heteroatoms. The molecule has 3 rings (SSSR count). The number of thiophene rings is 1. The van der Waals surface area contributed by atoms with Crippen LogP contribution in [0.25, 0.3) is 16.0 Å². The van der Waals surface area contributed by atoms with Crippen LogP contribution in [0.15, 0.2) is 18.2 Å². The maximum Gasteiger partial charge on any atom is 0.345 e. The molecule has 1 aromatic carbocycles. The number of carboxylic acid groups (broad SMARTS) is 1. The van der Waals surface area contributed by atoms with Gasteiger partial charge in [0.25, 0.3) is 0 Å². The van der Waals surface area contributed by atoms with Gasteiger partial charge >= 0.3 is 5.97 Å². The lowest BCUT2D eigenvalue weighted by Gasteiger charge is -2.28. The molecule has 1 aliphatic heterocycles. The molecule has 0 aliphatic carbocycles. The van der Waals surface area contributed by atoms with E-state index in [0.717, 1.165) is 11.3 Å². The molecule has 0 unspecified atom stereocenters. The molecule has 5 nitrogen and oxygen atoms in total. The summed E-state index contributed by atoms with van der Waals surface area (Å²) < 4.78 is 5.33. The number of rotatable bonds is 3. The molecule has 0 amide bonds. The van der Waals surface area contributed by atoms with Gasteiger partial charge in [0.1, 0.15) is 4.88 Å². The molecule has 2 heterocycles. The van der Waals surface area contributed by atoms with E-state index in [-0.39, 0.29) is 4.88 Å². The number of hydrogen-bond donors (Lipinski definition) is 1. The zero-order chi connectivity index (χ0) is 17.3. The predicted molar refractivity (Wildman–Crippen MR) is 96.0 cm³/mol. The topological polar surface area (TPSA) is 54.1 Å². The van der Waals surface area contributed by atoms with E-state index in [0.29, 0.717) is 58.2 Å². The average Bonchev–Trinajstić information content (AvgIpc) is 2.95. The lowest BCUT2D eigenvalue weighted by atomic mass is 10.0. The summed E-state index contributed by atoms with van der Waals surface area (Å²) in [6.07, 6.45) is 0. The Morgan fingerprint density at radius 2 is 2.04 bits per heavy atom. The van der Waals surface area contributed by atoms with Gasteiger partial charge in [-0.15, -0.1) is 11.3 Å². The van der Waals surface area contributed by atoms with Crippen LogP contribution in [0, 0.1) is 6.57 Å². The third-order valence-electron chi connectivity index (χ3n) is 3.67. The second-order valence-corrected chi connectivity index (χ2v) is 6.94. The standard InChI is InChI=1S/C16H12Cl2N2O3S/c1-19-13-12(10-3-2-9(17)8-11(10)18)14(16(21)22)24-15(13)20-4-6-23-7-5-20/h2-3,8H,4-7H2,(H,21,22). The maximum atomic E-state index is 11.7. The van der Waals surface area contributed by atoms with Gasteiger partial charge in [0.2, 0.25) is 5.69 Å². The zero-order valence-electron chi connectivity index (χ0n) is 12.4. The SMILES string of the molecule is [C-]#[N+]c1c(N2CCOCC2)sc(C(=O)O)c1-c1ccc(Cl)cc1Cl. The third kappa shape index (κ3) is 3.08. The van der Waals surface area contributed by atoms with Crippen LogP contribution in [0.1, 0.15) is 9.67 Å². The fourth-order valence-corrected chi connectivity index (χ4v) is 4.24. The van der Waals surface area contributed by atoms with Crippen LogP contribution in [0.4, 0.5) is 10.7 Å². The van der Waals surface area contributed by atoms with Gasteiger partial charge in [0.05, 0.1) is 24.8 Å². The Morgan fingerprint density at radius 1 is 1.33 bits per heavy atom. The number of morpholine rings is 1. The number of benzene rings is 1. The lowest BCUT2D eigenvalue weighted by molar-refractivity contribution is 0.0703. The van der Waals surface area contributed by atoms with Crippen LogP contribution in [0.5, 0.6) is 0 Å². The van der Waals surface area contributed by atoms with E-state index in [4.69, 9.17) is 34.5 Å². The third-order valence-corrected chi connectivity index (χ3v) is 5.45. The highest BCUT2D eigenvalue weighted by molar-refractivity contribution is 7.19. The Labute approximate surface area is 152 Å². The van der Waals surface area contributed by atoms with Gasteiger partial charge in [-0.25, -0.2) is 9.64 Å². The number of carboxylic acids is 1. The first-order valence-corrected chi connectivity index (χ1v) is 8.66. The smallest absolute Gasteiger partial charge is 0.345 e. The Kier molecular flexibility index (Phi) is 4.97. The molecule has 0 atom stereocenters. The zero-order valence-corrected chi connectivity index (χ0v) is 14.7. The summed E-state index contributed by atoms with van der Waals surface area (Å²) in [6, 6.07) is 4.83. The first kappa shape index (κ1) is 17.1. The Morgan fingerprint density at radius 3 is 2.62 bits per heavy atom. The van der Waals surface area contributed by atoms with Crippen LogP contribution < -0.4 is 4.90 Å². The van der Waals surface area contributed by atoms with Crippen molar-refractivity contribution in [3.05, 3.63) is 44.5 Å². The van der Waals surface area contributed by atoms with Crippen molar-refractivity contribution < 1.29 is 14.6 Å². The molecular formula is C16H12Cl2N2O3S. The largest absolute Gasteiger partial charge is 0.477 e. The van der Waals surface area contributed by atoms with Crippen molar-refractivity contribution in [1.29, 1.82) is 0 Å². The normalized spacial score (nSPS) is 14.5. The van der Waals surface area contributed by atoms with Crippen LogP contribution in [0.3, 0.4) is 0 Å². The van der Waals surface area contributed by atoms with Crippen molar-refractivity contribution >= 4 is 51.2 Å². The molecule has 1 N–H and O–H groups in total. The maximum absolute atomic E-state index is 11.7. The monoisotopic (exact) mass is 382 g/mol. The minimum absolute atomic E-state index is 0.103. The Bertz CT molecular complexity index is 839. The van der Waals surface area contributed by atoms with Crippen molar-refractivity contribution in [2.24, 2.45) is 0 Å². The van der Waals surface area contributed by atoms with Crippen LogP contribution >= 0.6 is 34.5 Å². The van der Waals surface area contributed by atoms with Crippen molar-refractivity contribution in [1.82, 2.24) is 0 Å². The molecule has 1 aliphatic rings. The molecule has 24 heavy (non-hydrogen) atoms. The van der Waals surface area contributed by atoms with E-state index in [1.54, 1.807) is 18.2 Å². The summed E-state index contributed by atoms with van der Waals surface area (Å²) in [5, 5.41) is 11.0. The summed E-state index contributed by atoms with van der Waals surface area (Å²) in [5.41, 5.74) is 1.16. The lowest BCUT2D eigenvalue weighted by Crippen LogP contribution is -2.35. The Balaban J connectivity index is 2.22. The number of ether oxygens (including phenoxy) is 1. The van der Waals surface area contributed by atoms with E-state index < -0.39 is 5.97 Å². The number of hydrogen-bond acceptors (Lipinski definition) is 4. The van der Waals surface area contributed by atoms with Crippen molar-refractivity contribution in [2.75, 3.05) is 31.2 Å². The summed E-state index contributed by atoms with van der Waals surface area (Å²) in [5.74, 6) is -1.08. The first-order valence-electron chi connectivity index (χ1n) is 7.08.